The van der Waals surface area contributed by atoms with Gasteiger partial charge in [0.25, 0.3) is 5.56 Å². The van der Waals surface area contributed by atoms with E-state index in [0.717, 1.165) is 16.5 Å². The average molecular weight is 548 g/mol. The number of fused-ring (bicyclic) bond motifs is 6. The number of esters is 1. The Kier molecular flexibility index (Phi) is 5.88. The number of hydrogen-bond acceptors (Lipinski definition) is 9. The topological polar surface area (TPSA) is 138 Å². The minimum Gasteiger partial charge on any atom is -0.458 e. The minimum absolute atomic E-state index is 0.0574. The van der Waals surface area contributed by atoms with Crippen molar-refractivity contribution in [1.82, 2.24) is 14.9 Å². The van der Waals surface area contributed by atoms with Crippen molar-refractivity contribution in [1.29, 1.82) is 0 Å². The molecular weight excluding hydrogens is 518 g/mol. The summed E-state index contributed by atoms with van der Waals surface area (Å²) in [5.41, 5.74) is 0.891. The van der Waals surface area contributed by atoms with Crippen LogP contribution in [0.5, 0.6) is 11.5 Å². The van der Waals surface area contributed by atoms with Crippen LogP contribution in [0.3, 0.4) is 0 Å². The summed E-state index contributed by atoms with van der Waals surface area (Å²) in [6.45, 7) is 7.38. The molecule has 2 N–H and O–H groups in total. The first-order valence-corrected chi connectivity index (χ1v) is 13.1. The fraction of sp³-hybridized carbons (Fsp3) is 0.379. The Morgan fingerprint density at radius 3 is 2.65 bits per heavy atom. The average Bonchev–Trinajstić information content (AvgIpc) is 3.50. The summed E-state index contributed by atoms with van der Waals surface area (Å²) in [6, 6.07) is 5.31. The SMILES string of the molecule is CC[C@@]1(O)C(=O)OCc2c1cc1n(c2=O)Cc2c-1nc1cc3c(cc1c2/C=C/CNC(=O)OC(C)(C)C)OCO3. The number of alkyl carbamates (subject to hydrolysis) is 1. The molecule has 0 bridgehead atoms. The third kappa shape index (κ3) is 4.08. The molecule has 0 fully saturated rings. The van der Waals surface area contributed by atoms with Crippen LogP contribution in [-0.4, -0.2) is 45.7 Å². The van der Waals surface area contributed by atoms with Gasteiger partial charge >= 0.3 is 12.1 Å². The normalized spacial score (nSPS) is 18.9. The third-order valence-electron chi connectivity index (χ3n) is 7.27. The summed E-state index contributed by atoms with van der Waals surface area (Å²) < 4.78 is 23.2. The molecule has 11 nitrogen and oxygen atoms in total. The van der Waals surface area contributed by atoms with Crippen LogP contribution in [0.15, 0.2) is 29.1 Å². The maximum atomic E-state index is 13.6. The van der Waals surface area contributed by atoms with Crippen molar-refractivity contribution in [2.45, 2.75) is 58.5 Å². The molecule has 0 spiro atoms. The molecule has 0 unspecified atom stereocenters. The molecule has 5 heterocycles. The first-order valence-electron chi connectivity index (χ1n) is 13.1. The number of aromatic nitrogens is 2. The Labute approximate surface area is 229 Å². The third-order valence-corrected chi connectivity index (χ3v) is 7.27. The number of cyclic esters (lactones) is 1. The number of aliphatic hydroxyl groups is 1. The second kappa shape index (κ2) is 9.09. The molecular formula is C29H29N3O8. The number of carbonyl (C=O) groups excluding carboxylic acids is 2. The van der Waals surface area contributed by atoms with Gasteiger partial charge in [-0.1, -0.05) is 19.1 Å². The number of nitrogens with zero attached hydrogens (tertiary/aromatic N) is 2. The van der Waals surface area contributed by atoms with Gasteiger partial charge in [-0.05, 0) is 44.9 Å². The minimum atomic E-state index is -1.91. The van der Waals surface area contributed by atoms with Crippen LogP contribution in [0.1, 0.15) is 56.4 Å². The highest BCUT2D eigenvalue weighted by Crippen LogP contribution is 2.43. The zero-order chi connectivity index (χ0) is 28.4. The van der Waals surface area contributed by atoms with E-state index in [1.54, 1.807) is 50.5 Å². The van der Waals surface area contributed by atoms with Gasteiger partial charge in [0.15, 0.2) is 17.1 Å². The van der Waals surface area contributed by atoms with Gasteiger partial charge in [0.2, 0.25) is 6.79 Å². The van der Waals surface area contributed by atoms with Crippen LogP contribution in [0.2, 0.25) is 0 Å². The molecule has 0 saturated heterocycles. The summed E-state index contributed by atoms with van der Waals surface area (Å²) in [4.78, 5) is 43.1. The lowest BCUT2D eigenvalue weighted by atomic mass is 9.86. The second-order valence-electron chi connectivity index (χ2n) is 11.0. The van der Waals surface area contributed by atoms with Gasteiger partial charge < -0.3 is 33.9 Å². The number of hydrogen-bond donors (Lipinski definition) is 2. The van der Waals surface area contributed by atoms with Gasteiger partial charge in [-0.2, -0.15) is 0 Å². The molecule has 0 aliphatic carbocycles. The van der Waals surface area contributed by atoms with Crippen molar-refractivity contribution in [3.05, 3.63) is 56.9 Å². The number of amides is 1. The smallest absolute Gasteiger partial charge is 0.407 e. The lowest BCUT2D eigenvalue weighted by Crippen LogP contribution is -2.44. The number of carbonyl (C=O) groups is 2. The standard InChI is InChI=1S/C29H29N3O8/c1-5-29(36)19-10-21-24-17(12-32(21)25(33)18(19)13-37-26(29)34)15(7-6-8-30-27(35)40-28(2,3)4)16-9-22-23(39-14-38-22)11-20(16)31-24/h6-7,9-11,36H,5,8,12-14H2,1-4H3,(H,30,35)/b7-6+/t29-/m0/s1. The van der Waals surface area contributed by atoms with Gasteiger partial charge in [0, 0.05) is 29.1 Å². The van der Waals surface area contributed by atoms with Crippen molar-refractivity contribution in [3.8, 4) is 22.9 Å². The van der Waals surface area contributed by atoms with Crippen LogP contribution in [0, 0.1) is 0 Å². The van der Waals surface area contributed by atoms with E-state index >= 15 is 0 Å². The molecule has 1 aromatic carbocycles. The zero-order valence-electron chi connectivity index (χ0n) is 22.6. The predicted octanol–water partition coefficient (Wildman–Crippen LogP) is 3.35. The molecule has 11 heteroatoms. The van der Waals surface area contributed by atoms with Crippen LogP contribution in [0.25, 0.3) is 28.4 Å². The van der Waals surface area contributed by atoms with Gasteiger partial charge in [-0.25, -0.2) is 14.6 Å². The van der Waals surface area contributed by atoms with Gasteiger partial charge in [0.05, 0.1) is 29.0 Å². The number of ether oxygens (including phenoxy) is 4. The van der Waals surface area contributed by atoms with E-state index in [9.17, 15) is 19.5 Å². The highest BCUT2D eigenvalue weighted by Gasteiger charge is 2.45. The molecule has 0 saturated carbocycles. The fourth-order valence-electron chi connectivity index (χ4n) is 5.32. The van der Waals surface area contributed by atoms with Crippen LogP contribution >= 0.6 is 0 Å². The summed E-state index contributed by atoms with van der Waals surface area (Å²) in [6.07, 6.45) is 3.19. The number of pyridine rings is 2. The first-order chi connectivity index (χ1) is 19.0. The first kappa shape index (κ1) is 25.9. The summed E-state index contributed by atoms with van der Waals surface area (Å²) in [5.74, 6) is 0.373. The maximum Gasteiger partial charge on any atom is 0.407 e. The monoisotopic (exact) mass is 547 g/mol. The maximum absolute atomic E-state index is 13.6. The van der Waals surface area contributed by atoms with Crippen molar-refractivity contribution < 1.29 is 33.6 Å². The Hall–Kier alpha value is -4.38. The van der Waals surface area contributed by atoms with E-state index in [-0.39, 0.29) is 49.6 Å². The summed E-state index contributed by atoms with van der Waals surface area (Å²) >= 11 is 0. The van der Waals surface area contributed by atoms with Crippen molar-refractivity contribution in [2.24, 2.45) is 0 Å². The molecule has 2 aromatic heterocycles. The van der Waals surface area contributed by atoms with E-state index in [2.05, 4.69) is 5.32 Å². The molecule has 1 atom stereocenters. The van der Waals surface area contributed by atoms with E-state index in [1.165, 1.54) is 0 Å². The quantitative estimate of drug-likeness (QED) is 0.368. The number of nitrogens with one attached hydrogen (secondary N) is 1. The van der Waals surface area contributed by atoms with Gasteiger partial charge in [-0.15, -0.1) is 0 Å². The largest absolute Gasteiger partial charge is 0.458 e. The van der Waals surface area contributed by atoms with E-state index in [1.807, 2.05) is 12.1 Å². The number of benzene rings is 1. The van der Waals surface area contributed by atoms with Gasteiger partial charge in [0.1, 0.15) is 12.2 Å². The van der Waals surface area contributed by atoms with Crippen molar-refractivity contribution in [3.63, 3.8) is 0 Å². The summed E-state index contributed by atoms with van der Waals surface area (Å²) in [5, 5.41) is 14.7. The van der Waals surface area contributed by atoms with Gasteiger partial charge in [-0.3, -0.25) is 4.79 Å². The van der Waals surface area contributed by atoms with Crippen LogP contribution in [0.4, 0.5) is 4.79 Å². The molecule has 3 aliphatic rings. The lowest BCUT2D eigenvalue weighted by molar-refractivity contribution is -0.172. The van der Waals surface area contributed by atoms with Crippen LogP contribution < -0.4 is 20.3 Å². The van der Waals surface area contributed by atoms with E-state index in [4.69, 9.17) is 23.9 Å². The fourth-order valence-corrected chi connectivity index (χ4v) is 5.32. The molecule has 40 heavy (non-hydrogen) atoms. The molecule has 0 radical (unpaired) electrons. The molecule has 3 aliphatic heterocycles. The zero-order valence-corrected chi connectivity index (χ0v) is 22.6. The van der Waals surface area contributed by atoms with E-state index < -0.39 is 23.3 Å². The Morgan fingerprint density at radius 2 is 1.93 bits per heavy atom. The van der Waals surface area contributed by atoms with Crippen LogP contribution in [-0.2, 0) is 33.0 Å². The van der Waals surface area contributed by atoms with E-state index in [0.29, 0.717) is 28.4 Å². The Balaban J connectivity index is 1.47. The highest BCUT2D eigenvalue weighted by atomic mass is 16.7. The highest BCUT2D eigenvalue weighted by molar-refractivity contribution is 5.95. The second-order valence-corrected chi connectivity index (χ2v) is 11.0. The summed E-state index contributed by atoms with van der Waals surface area (Å²) in [7, 11) is 0. The Morgan fingerprint density at radius 1 is 1.18 bits per heavy atom. The molecule has 3 aromatic rings. The predicted molar refractivity (Wildman–Crippen MR) is 144 cm³/mol. The Bertz CT molecular complexity index is 1680. The molecule has 1 amide bonds. The van der Waals surface area contributed by atoms with Crippen molar-refractivity contribution >= 4 is 29.0 Å². The lowest BCUT2D eigenvalue weighted by Gasteiger charge is -2.31. The molecule has 208 valence electrons. The molecule has 6 rings (SSSR count). The van der Waals surface area contributed by atoms with Crippen molar-refractivity contribution in [2.75, 3.05) is 13.3 Å². The number of rotatable bonds is 4.